The number of nitrogens with zero attached hydrogens (tertiary/aromatic N) is 2. The normalized spacial score (nSPS) is 22.5. The maximum absolute atomic E-state index is 10.6. The van der Waals surface area contributed by atoms with Crippen LogP contribution in [0.25, 0.3) is 0 Å². The number of likely N-dealkylation sites (tertiary alicyclic amines) is 1. The van der Waals surface area contributed by atoms with Gasteiger partial charge in [0.05, 0.1) is 0 Å². The first kappa shape index (κ1) is 8.99. The molecule has 1 aliphatic heterocycles. The number of nitrogens with two attached hydrogens (primary N) is 1. The molecule has 0 aromatic carbocycles. The van der Waals surface area contributed by atoms with E-state index < -0.39 is 6.04 Å². The zero-order valence-corrected chi connectivity index (χ0v) is 6.81. The van der Waals surface area contributed by atoms with Crippen LogP contribution in [0.15, 0.2) is 5.16 Å². The fraction of sp³-hybridized carbons (Fsp3) is 0.714. The molecule has 1 rings (SSSR count). The van der Waals surface area contributed by atoms with Crippen molar-refractivity contribution in [3.63, 3.8) is 0 Å². The molecule has 1 fully saturated rings. The van der Waals surface area contributed by atoms with Crippen LogP contribution in [0.2, 0.25) is 0 Å². The summed E-state index contributed by atoms with van der Waals surface area (Å²) in [6, 6.07) is -0.544. The third kappa shape index (κ3) is 1.73. The molecule has 0 aromatic heterocycles. The van der Waals surface area contributed by atoms with Gasteiger partial charge in [-0.3, -0.25) is 4.90 Å². The lowest BCUT2D eigenvalue weighted by atomic mass is 10.2. The monoisotopic (exact) mass is 171 g/mol. The molecule has 1 aliphatic rings. The Bertz CT molecular complexity index is 187. The standard InChI is InChI=1S/C7H13N3O2/c8-7(9-12)6(5-11)10-3-1-2-4-10/h5-6,12H,1-4H2,(H2,8,9). The Morgan fingerprint density at radius 2 is 2.17 bits per heavy atom. The van der Waals surface area contributed by atoms with E-state index in [9.17, 15) is 4.79 Å². The number of hydrogen-bond donors (Lipinski definition) is 2. The molecule has 3 N–H and O–H groups in total. The summed E-state index contributed by atoms with van der Waals surface area (Å²) in [6.07, 6.45) is 2.85. The van der Waals surface area contributed by atoms with Crippen molar-refractivity contribution in [3.8, 4) is 0 Å². The Kier molecular flexibility index (Phi) is 3.04. The van der Waals surface area contributed by atoms with Gasteiger partial charge in [-0.15, -0.1) is 0 Å². The SMILES string of the molecule is NC(=NO)C(C=O)N1CCCC1. The second kappa shape index (κ2) is 4.06. The van der Waals surface area contributed by atoms with Gasteiger partial charge < -0.3 is 15.7 Å². The van der Waals surface area contributed by atoms with Crippen LogP contribution >= 0.6 is 0 Å². The van der Waals surface area contributed by atoms with Crippen molar-refractivity contribution in [1.29, 1.82) is 0 Å². The summed E-state index contributed by atoms with van der Waals surface area (Å²) in [4.78, 5) is 12.5. The van der Waals surface area contributed by atoms with E-state index in [1.165, 1.54) is 0 Å². The molecule has 0 bridgehead atoms. The highest BCUT2D eigenvalue weighted by atomic mass is 16.4. The Morgan fingerprint density at radius 3 is 2.58 bits per heavy atom. The van der Waals surface area contributed by atoms with Crippen LogP contribution in [0, 0.1) is 0 Å². The molecule has 1 atom stereocenters. The molecular formula is C7H13N3O2. The summed E-state index contributed by atoms with van der Waals surface area (Å²) >= 11 is 0. The van der Waals surface area contributed by atoms with Crippen molar-refractivity contribution in [2.45, 2.75) is 18.9 Å². The molecule has 68 valence electrons. The van der Waals surface area contributed by atoms with E-state index in [4.69, 9.17) is 10.9 Å². The van der Waals surface area contributed by atoms with Gasteiger partial charge in [0.1, 0.15) is 12.3 Å². The molecule has 5 nitrogen and oxygen atoms in total. The lowest BCUT2D eigenvalue weighted by Crippen LogP contribution is -2.44. The number of carbonyl (C=O) groups excluding carboxylic acids is 1. The van der Waals surface area contributed by atoms with Gasteiger partial charge in [-0.1, -0.05) is 5.16 Å². The highest BCUT2D eigenvalue weighted by Crippen LogP contribution is 2.10. The summed E-state index contributed by atoms with van der Waals surface area (Å²) in [5.74, 6) is -0.0214. The van der Waals surface area contributed by atoms with E-state index in [1.54, 1.807) is 0 Å². The number of aldehydes is 1. The van der Waals surface area contributed by atoms with E-state index in [0.717, 1.165) is 25.9 Å². The van der Waals surface area contributed by atoms with Crippen LogP contribution < -0.4 is 5.73 Å². The van der Waals surface area contributed by atoms with Gasteiger partial charge in [0, 0.05) is 0 Å². The van der Waals surface area contributed by atoms with Crippen molar-refractivity contribution in [2.24, 2.45) is 10.9 Å². The predicted octanol–water partition coefficient (Wildman–Crippen LogP) is -0.604. The average molecular weight is 171 g/mol. The maximum Gasteiger partial charge on any atom is 0.163 e. The fourth-order valence-corrected chi connectivity index (χ4v) is 1.42. The smallest absolute Gasteiger partial charge is 0.163 e. The maximum atomic E-state index is 10.6. The number of oxime groups is 1. The van der Waals surface area contributed by atoms with Crippen LogP contribution in [0.1, 0.15) is 12.8 Å². The first-order chi connectivity index (χ1) is 5.79. The van der Waals surface area contributed by atoms with E-state index in [-0.39, 0.29) is 5.84 Å². The molecule has 1 heterocycles. The first-order valence-electron chi connectivity index (χ1n) is 3.96. The Balaban J connectivity index is 2.60. The molecule has 5 heteroatoms. The molecule has 0 aliphatic carbocycles. The van der Waals surface area contributed by atoms with E-state index in [1.807, 2.05) is 4.90 Å². The highest BCUT2D eigenvalue weighted by molar-refractivity contribution is 5.98. The van der Waals surface area contributed by atoms with Gasteiger partial charge in [-0.2, -0.15) is 0 Å². The summed E-state index contributed by atoms with van der Waals surface area (Å²) in [6.45, 7) is 1.69. The third-order valence-corrected chi connectivity index (χ3v) is 2.08. The largest absolute Gasteiger partial charge is 0.409 e. The molecule has 0 radical (unpaired) electrons. The summed E-state index contributed by atoms with van der Waals surface area (Å²) in [5.41, 5.74) is 5.33. The summed E-state index contributed by atoms with van der Waals surface area (Å²) < 4.78 is 0. The highest BCUT2D eigenvalue weighted by Gasteiger charge is 2.24. The summed E-state index contributed by atoms with van der Waals surface area (Å²) in [7, 11) is 0. The van der Waals surface area contributed by atoms with Crippen LogP contribution in [-0.2, 0) is 4.79 Å². The Hall–Kier alpha value is -1.10. The van der Waals surface area contributed by atoms with E-state index in [0.29, 0.717) is 6.29 Å². The zero-order chi connectivity index (χ0) is 8.97. The number of amidine groups is 1. The van der Waals surface area contributed by atoms with Crippen molar-refractivity contribution < 1.29 is 10.0 Å². The van der Waals surface area contributed by atoms with Gasteiger partial charge in [-0.25, -0.2) is 0 Å². The van der Waals surface area contributed by atoms with Crippen LogP contribution in [0.3, 0.4) is 0 Å². The minimum atomic E-state index is -0.544. The fourth-order valence-electron chi connectivity index (χ4n) is 1.42. The second-order valence-corrected chi connectivity index (χ2v) is 2.85. The van der Waals surface area contributed by atoms with Gasteiger partial charge in [-0.05, 0) is 25.9 Å². The van der Waals surface area contributed by atoms with Crippen molar-refractivity contribution >= 4 is 12.1 Å². The van der Waals surface area contributed by atoms with Crippen molar-refractivity contribution in [1.82, 2.24) is 4.90 Å². The van der Waals surface area contributed by atoms with Gasteiger partial charge in [0.25, 0.3) is 0 Å². The number of hydrogen-bond acceptors (Lipinski definition) is 4. The summed E-state index contributed by atoms with van der Waals surface area (Å²) in [5, 5.41) is 11.2. The Morgan fingerprint density at radius 1 is 1.58 bits per heavy atom. The van der Waals surface area contributed by atoms with Gasteiger partial charge in [0.15, 0.2) is 5.84 Å². The minimum Gasteiger partial charge on any atom is -0.409 e. The van der Waals surface area contributed by atoms with Crippen molar-refractivity contribution in [2.75, 3.05) is 13.1 Å². The lowest BCUT2D eigenvalue weighted by Gasteiger charge is -2.20. The van der Waals surface area contributed by atoms with Crippen LogP contribution in [-0.4, -0.2) is 41.4 Å². The van der Waals surface area contributed by atoms with E-state index >= 15 is 0 Å². The van der Waals surface area contributed by atoms with Crippen molar-refractivity contribution in [3.05, 3.63) is 0 Å². The van der Waals surface area contributed by atoms with Crippen LogP contribution in [0.5, 0.6) is 0 Å². The molecule has 1 saturated heterocycles. The molecule has 0 amide bonds. The van der Waals surface area contributed by atoms with E-state index in [2.05, 4.69) is 5.16 Å². The average Bonchev–Trinajstić information content (AvgIpc) is 2.58. The number of carbonyl (C=O) groups is 1. The lowest BCUT2D eigenvalue weighted by molar-refractivity contribution is -0.110. The third-order valence-electron chi connectivity index (χ3n) is 2.08. The topological polar surface area (TPSA) is 78.9 Å². The molecule has 1 unspecified atom stereocenters. The van der Waals surface area contributed by atoms with Gasteiger partial charge >= 0.3 is 0 Å². The quantitative estimate of drug-likeness (QED) is 0.195. The molecule has 12 heavy (non-hydrogen) atoms. The number of rotatable bonds is 3. The molecule has 0 saturated carbocycles. The van der Waals surface area contributed by atoms with Crippen LogP contribution in [0.4, 0.5) is 0 Å². The van der Waals surface area contributed by atoms with Gasteiger partial charge in [0.2, 0.25) is 0 Å². The predicted molar refractivity (Wildman–Crippen MR) is 44.1 cm³/mol. The molecular weight excluding hydrogens is 158 g/mol. The Labute approximate surface area is 70.8 Å². The first-order valence-corrected chi connectivity index (χ1v) is 3.96. The zero-order valence-electron chi connectivity index (χ0n) is 6.81. The second-order valence-electron chi connectivity index (χ2n) is 2.85. The molecule has 0 spiro atoms. The molecule has 0 aromatic rings. The minimum absolute atomic E-state index is 0.0214.